The molecule has 1 radical (unpaired) electrons. The van der Waals surface area contributed by atoms with Crippen molar-refractivity contribution in [3.8, 4) is 0 Å². The highest BCUT2D eigenvalue weighted by Gasteiger charge is 2.16. The zero-order valence-corrected chi connectivity index (χ0v) is 7.71. The van der Waals surface area contributed by atoms with Crippen molar-refractivity contribution in [2.75, 3.05) is 6.54 Å². The van der Waals surface area contributed by atoms with Gasteiger partial charge in [-0.05, 0) is 23.6 Å². The fourth-order valence-corrected chi connectivity index (χ4v) is 1.68. The Morgan fingerprint density at radius 3 is 3.23 bits per heavy atom. The molecule has 67 valence electrons. The first-order valence-corrected chi connectivity index (χ1v) is 4.51. The molecule has 2 nitrogen and oxygen atoms in total. The van der Waals surface area contributed by atoms with Gasteiger partial charge in [-0.25, -0.2) is 0 Å². The Bertz CT molecular complexity index is 333. The van der Waals surface area contributed by atoms with Crippen LogP contribution in [0.25, 0.3) is 0 Å². The summed E-state index contributed by atoms with van der Waals surface area (Å²) >= 11 is 0. The first-order valence-electron chi connectivity index (χ1n) is 4.51. The molecule has 0 fully saturated rings. The van der Waals surface area contributed by atoms with Gasteiger partial charge in [0.05, 0.1) is 0 Å². The van der Waals surface area contributed by atoms with E-state index in [-0.39, 0.29) is 5.91 Å². The third-order valence-corrected chi connectivity index (χ3v) is 2.48. The lowest BCUT2D eigenvalue weighted by Crippen LogP contribution is -2.34. The minimum absolute atomic E-state index is 0.155. The number of carbonyl (C=O) groups is 1. The Labute approximate surface area is 78.2 Å². The van der Waals surface area contributed by atoms with Gasteiger partial charge in [0.1, 0.15) is 0 Å². The lowest BCUT2D eigenvalue weighted by atomic mass is 10.00. The SMILES string of the molecule is CC(=O)N1CCc2ccc[c]c2C1. The molecular formula is C11H12NO. The Hall–Kier alpha value is -1.31. The quantitative estimate of drug-likeness (QED) is 0.582. The number of hydrogen-bond acceptors (Lipinski definition) is 1. The van der Waals surface area contributed by atoms with Crippen molar-refractivity contribution < 1.29 is 4.79 Å². The second-order valence-corrected chi connectivity index (χ2v) is 3.36. The predicted molar refractivity (Wildman–Crippen MR) is 50.1 cm³/mol. The number of nitrogens with zero attached hydrogens (tertiary/aromatic N) is 1. The molecule has 1 aromatic carbocycles. The van der Waals surface area contributed by atoms with Crippen LogP contribution in [0.5, 0.6) is 0 Å². The van der Waals surface area contributed by atoms with Crippen LogP contribution in [0.1, 0.15) is 18.1 Å². The summed E-state index contributed by atoms with van der Waals surface area (Å²) in [7, 11) is 0. The molecule has 2 rings (SSSR count). The maximum atomic E-state index is 11.1. The van der Waals surface area contributed by atoms with Crippen LogP contribution in [0.4, 0.5) is 0 Å². The largest absolute Gasteiger partial charge is 0.338 e. The van der Waals surface area contributed by atoms with Crippen LogP contribution >= 0.6 is 0 Å². The van der Waals surface area contributed by atoms with Gasteiger partial charge in [0.15, 0.2) is 0 Å². The van der Waals surface area contributed by atoms with E-state index in [9.17, 15) is 4.79 Å². The first-order chi connectivity index (χ1) is 6.27. The fraction of sp³-hybridized carbons (Fsp3) is 0.364. The van der Waals surface area contributed by atoms with Crippen LogP contribution in [0, 0.1) is 6.07 Å². The summed E-state index contributed by atoms with van der Waals surface area (Å²) in [6, 6.07) is 9.20. The summed E-state index contributed by atoms with van der Waals surface area (Å²) in [5.41, 5.74) is 2.50. The van der Waals surface area contributed by atoms with Gasteiger partial charge in [0.2, 0.25) is 5.91 Å². The Morgan fingerprint density at radius 2 is 2.46 bits per heavy atom. The van der Waals surface area contributed by atoms with Crippen molar-refractivity contribution >= 4 is 5.91 Å². The number of fused-ring (bicyclic) bond motifs is 1. The van der Waals surface area contributed by atoms with E-state index in [1.54, 1.807) is 6.92 Å². The Kier molecular flexibility index (Phi) is 2.05. The average Bonchev–Trinajstić information content (AvgIpc) is 2.17. The highest BCUT2D eigenvalue weighted by atomic mass is 16.2. The average molecular weight is 174 g/mol. The second-order valence-electron chi connectivity index (χ2n) is 3.36. The second kappa shape index (κ2) is 3.21. The van der Waals surface area contributed by atoms with E-state index in [2.05, 4.69) is 12.1 Å². The minimum Gasteiger partial charge on any atom is -0.338 e. The maximum absolute atomic E-state index is 11.1. The van der Waals surface area contributed by atoms with Gasteiger partial charge in [-0.1, -0.05) is 18.2 Å². The molecule has 1 aliphatic rings. The van der Waals surface area contributed by atoms with Crippen molar-refractivity contribution in [1.82, 2.24) is 4.90 Å². The van der Waals surface area contributed by atoms with E-state index in [1.165, 1.54) is 11.1 Å². The molecule has 0 aliphatic carbocycles. The summed E-state index contributed by atoms with van der Waals surface area (Å²) in [6.07, 6.45) is 0.965. The van der Waals surface area contributed by atoms with E-state index >= 15 is 0 Å². The van der Waals surface area contributed by atoms with Crippen molar-refractivity contribution in [1.29, 1.82) is 0 Å². The number of rotatable bonds is 0. The molecule has 1 aliphatic heterocycles. The normalized spacial score (nSPS) is 15.3. The van der Waals surface area contributed by atoms with Crippen molar-refractivity contribution in [2.45, 2.75) is 19.9 Å². The molecule has 1 heterocycles. The number of carbonyl (C=O) groups excluding carboxylic acids is 1. The van der Waals surface area contributed by atoms with Crippen LogP contribution in [0.2, 0.25) is 0 Å². The molecule has 1 amide bonds. The lowest BCUT2D eigenvalue weighted by Gasteiger charge is -2.27. The monoisotopic (exact) mass is 174 g/mol. The summed E-state index contributed by atoms with van der Waals surface area (Å²) in [6.45, 7) is 3.19. The molecule has 0 atom stereocenters. The van der Waals surface area contributed by atoms with Crippen molar-refractivity contribution in [3.05, 3.63) is 35.4 Å². The van der Waals surface area contributed by atoms with Gasteiger partial charge >= 0.3 is 0 Å². The molecule has 0 unspecified atom stereocenters. The first kappa shape index (κ1) is 8.30. The maximum Gasteiger partial charge on any atom is 0.219 e. The third-order valence-electron chi connectivity index (χ3n) is 2.48. The number of hydrogen-bond donors (Lipinski definition) is 0. The van der Waals surface area contributed by atoms with E-state index in [0.717, 1.165) is 19.5 Å². The highest BCUT2D eigenvalue weighted by Crippen LogP contribution is 2.17. The molecule has 0 saturated carbocycles. The fourth-order valence-electron chi connectivity index (χ4n) is 1.68. The summed E-state index contributed by atoms with van der Waals surface area (Å²) < 4.78 is 0. The van der Waals surface area contributed by atoms with Crippen LogP contribution in [-0.4, -0.2) is 17.4 Å². The molecule has 1 aromatic rings. The van der Waals surface area contributed by atoms with Crippen molar-refractivity contribution in [3.63, 3.8) is 0 Å². The molecule has 0 spiro atoms. The molecule has 0 saturated heterocycles. The highest BCUT2D eigenvalue weighted by molar-refractivity contribution is 5.73. The van der Waals surface area contributed by atoms with Crippen LogP contribution in [0.15, 0.2) is 18.2 Å². The standard InChI is InChI=1S/C11H12NO/c1-9(13)12-7-6-10-4-2-3-5-11(10)8-12/h2-4H,6-8H2,1H3. The lowest BCUT2D eigenvalue weighted by molar-refractivity contribution is -0.129. The molecule has 2 heteroatoms. The zero-order valence-electron chi connectivity index (χ0n) is 7.71. The molecular weight excluding hydrogens is 162 g/mol. The van der Waals surface area contributed by atoms with Crippen LogP contribution in [0.3, 0.4) is 0 Å². The van der Waals surface area contributed by atoms with Crippen molar-refractivity contribution in [2.24, 2.45) is 0 Å². The summed E-state index contributed by atoms with van der Waals surface area (Å²) in [4.78, 5) is 13.0. The van der Waals surface area contributed by atoms with Crippen LogP contribution < -0.4 is 0 Å². The van der Waals surface area contributed by atoms with Gasteiger partial charge in [-0.15, -0.1) is 0 Å². The number of benzene rings is 1. The molecule has 13 heavy (non-hydrogen) atoms. The predicted octanol–water partition coefficient (Wildman–Crippen LogP) is 1.39. The molecule has 0 aromatic heterocycles. The van der Waals surface area contributed by atoms with Gasteiger partial charge in [-0.3, -0.25) is 4.79 Å². The van der Waals surface area contributed by atoms with Crippen LogP contribution in [-0.2, 0) is 17.8 Å². The smallest absolute Gasteiger partial charge is 0.219 e. The summed E-state index contributed by atoms with van der Waals surface area (Å²) in [5, 5.41) is 0. The van der Waals surface area contributed by atoms with E-state index in [0.29, 0.717) is 0 Å². The zero-order chi connectivity index (χ0) is 9.26. The van der Waals surface area contributed by atoms with E-state index in [1.807, 2.05) is 17.0 Å². The molecule has 0 N–H and O–H groups in total. The topological polar surface area (TPSA) is 20.3 Å². The van der Waals surface area contributed by atoms with Gasteiger partial charge in [0, 0.05) is 20.0 Å². The van der Waals surface area contributed by atoms with E-state index in [4.69, 9.17) is 0 Å². The van der Waals surface area contributed by atoms with Gasteiger partial charge < -0.3 is 4.90 Å². The van der Waals surface area contributed by atoms with E-state index < -0.39 is 0 Å². The summed E-state index contributed by atoms with van der Waals surface area (Å²) in [5.74, 6) is 0.155. The number of amides is 1. The van der Waals surface area contributed by atoms with Gasteiger partial charge in [0.25, 0.3) is 0 Å². The Balaban J connectivity index is 2.24. The molecule has 0 bridgehead atoms. The third kappa shape index (κ3) is 1.57. The minimum atomic E-state index is 0.155. The Morgan fingerprint density at radius 1 is 1.62 bits per heavy atom. The van der Waals surface area contributed by atoms with Gasteiger partial charge in [-0.2, -0.15) is 0 Å².